The van der Waals surface area contributed by atoms with Gasteiger partial charge in [-0.3, -0.25) is 9.59 Å². The predicted octanol–water partition coefficient (Wildman–Crippen LogP) is 2.11. The Morgan fingerprint density at radius 2 is 1.76 bits per heavy atom. The first-order valence-electron chi connectivity index (χ1n) is 7.87. The zero-order valence-corrected chi connectivity index (χ0v) is 14.0. The highest BCUT2D eigenvalue weighted by Crippen LogP contribution is 2.21. The Morgan fingerprint density at radius 1 is 1.08 bits per heavy atom. The molecule has 1 aliphatic rings. The van der Waals surface area contributed by atoms with Gasteiger partial charge in [0.15, 0.2) is 6.10 Å². The lowest BCUT2D eigenvalue weighted by atomic mass is 9.98. The molecule has 2 amide bonds. The van der Waals surface area contributed by atoms with Gasteiger partial charge in [0.25, 0.3) is 11.8 Å². The van der Waals surface area contributed by atoms with Crippen LogP contribution in [0.1, 0.15) is 26.3 Å². The van der Waals surface area contributed by atoms with E-state index in [2.05, 4.69) is 5.32 Å². The Kier molecular flexibility index (Phi) is 4.52. The van der Waals surface area contributed by atoms with E-state index < -0.39 is 18.0 Å². The number of nitrogens with zero attached hydrogens (tertiary/aromatic N) is 1. The fourth-order valence-electron chi connectivity index (χ4n) is 2.65. The highest BCUT2D eigenvalue weighted by molar-refractivity contribution is 6.00. The van der Waals surface area contributed by atoms with Crippen LogP contribution in [0, 0.1) is 0 Å². The molecular weight excluding hydrogens is 320 g/mol. The second-order valence-corrected chi connectivity index (χ2v) is 6.02. The van der Waals surface area contributed by atoms with E-state index in [1.807, 2.05) is 12.1 Å². The number of carbonyl (C=O) groups is 3. The Balaban J connectivity index is 1.69. The van der Waals surface area contributed by atoms with Crippen LogP contribution in [0.4, 0.5) is 5.69 Å². The molecule has 1 unspecified atom stereocenters. The van der Waals surface area contributed by atoms with E-state index in [1.165, 1.54) is 4.90 Å². The van der Waals surface area contributed by atoms with Crippen molar-refractivity contribution in [2.24, 2.45) is 0 Å². The summed E-state index contributed by atoms with van der Waals surface area (Å²) >= 11 is 0. The molecule has 6 heteroatoms. The number of hydrogen-bond donors (Lipinski definition) is 1. The van der Waals surface area contributed by atoms with Gasteiger partial charge in [-0.2, -0.15) is 0 Å². The van der Waals surface area contributed by atoms with Gasteiger partial charge in [-0.15, -0.1) is 0 Å². The third-order valence-electron chi connectivity index (χ3n) is 3.99. The number of fused-ring (bicyclic) bond motifs is 1. The Morgan fingerprint density at radius 3 is 2.44 bits per heavy atom. The maximum Gasteiger partial charge on any atom is 0.339 e. The number of rotatable bonds is 3. The smallest absolute Gasteiger partial charge is 0.339 e. The van der Waals surface area contributed by atoms with Crippen molar-refractivity contribution in [3.05, 3.63) is 65.2 Å². The largest absolute Gasteiger partial charge is 0.448 e. The molecule has 0 fully saturated rings. The van der Waals surface area contributed by atoms with Crippen LogP contribution in [0.25, 0.3) is 0 Å². The first kappa shape index (κ1) is 16.7. The standard InChI is InChI=1S/C19H18N2O4/c1-21(2)18(23)12-7-9-14(10-8-12)20-17(22)16-11-13-5-3-4-6-15(13)19(24)25-16/h3-10,16H,11H2,1-2H3,(H,20,22). The van der Waals surface area contributed by atoms with E-state index >= 15 is 0 Å². The van der Waals surface area contributed by atoms with E-state index in [-0.39, 0.29) is 5.91 Å². The highest BCUT2D eigenvalue weighted by Gasteiger charge is 2.31. The lowest BCUT2D eigenvalue weighted by Gasteiger charge is -2.23. The number of carbonyl (C=O) groups excluding carboxylic acids is 3. The molecule has 0 aromatic heterocycles. The number of hydrogen-bond acceptors (Lipinski definition) is 4. The summed E-state index contributed by atoms with van der Waals surface area (Å²) in [5, 5.41) is 2.72. The summed E-state index contributed by atoms with van der Waals surface area (Å²) in [6, 6.07) is 13.7. The van der Waals surface area contributed by atoms with Crippen molar-refractivity contribution in [1.82, 2.24) is 4.90 Å². The normalized spacial score (nSPS) is 15.8. The van der Waals surface area contributed by atoms with Gasteiger partial charge in [0.1, 0.15) is 0 Å². The molecule has 2 aromatic carbocycles. The van der Waals surface area contributed by atoms with Crippen LogP contribution in [-0.2, 0) is 16.0 Å². The van der Waals surface area contributed by atoms with Crippen molar-refractivity contribution >= 4 is 23.5 Å². The van der Waals surface area contributed by atoms with Gasteiger partial charge in [-0.1, -0.05) is 18.2 Å². The number of benzene rings is 2. The van der Waals surface area contributed by atoms with Crippen molar-refractivity contribution in [3.8, 4) is 0 Å². The number of nitrogens with one attached hydrogen (secondary N) is 1. The molecule has 1 atom stereocenters. The van der Waals surface area contributed by atoms with Crippen molar-refractivity contribution in [1.29, 1.82) is 0 Å². The van der Waals surface area contributed by atoms with Crippen LogP contribution < -0.4 is 5.32 Å². The second kappa shape index (κ2) is 6.76. The zero-order chi connectivity index (χ0) is 18.0. The number of esters is 1. The van der Waals surface area contributed by atoms with Gasteiger partial charge in [0, 0.05) is 31.8 Å². The molecule has 0 saturated heterocycles. The van der Waals surface area contributed by atoms with Crippen molar-refractivity contribution < 1.29 is 19.1 Å². The minimum Gasteiger partial charge on any atom is -0.448 e. The average Bonchev–Trinajstić information content (AvgIpc) is 2.61. The first-order valence-corrected chi connectivity index (χ1v) is 7.87. The lowest BCUT2D eigenvalue weighted by molar-refractivity contribution is -0.125. The SMILES string of the molecule is CN(C)C(=O)c1ccc(NC(=O)C2Cc3ccccc3C(=O)O2)cc1. The molecular formula is C19H18N2O4. The molecule has 3 rings (SSSR count). The van der Waals surface area contributed by atoms with Gasteiger partial charge in [0.2, 0.25) is 0 Å². The summed E-state index contributed by atoms with van der Waals surface area (Å²) in [6.45, 7) is 0. The van der Waals surface area contributed by atoms with E-state index in [0.29, 0.717) is 23.2 Å². The summed E-state index contributed by atoms with van der Waals surface area (Å²) in [7, 11) is 3.35. The average molecular weight is 338 g/mol. The van der Waals surface area contributed by atoms with Gasteiger partial charge in [-0.05, 0) is 35.9 Å². The predicted molar refractivity (Wildman–Crippen MR) is 92.4 cm³/mol. The number of anilines is 1. The number of amides is 2. The maximum absolute atomic E-state index is 12.4. The van der Waals surface area contributed by atoms with E-state index in [9.17, 15) is 14.4 Å². The second-order valence-electron chi connectivity index (χ2n) is 6.02. The number of ether oxygens (including phenoxy) is 1. The van der Waals surface area contributed by atoms with Crippen molar-refractivity contribution in [2.75, 3.05) is 19.4 Å². The summed E-state index contributed by atoms with van der Waals surface area (Å²) < 4.78 is 5.23. The molecule has 0 aliphatic carbocycles. The van der Waals surface area contributed by atoms with Crippen LogP contribution in [0.3, 0.4) is 0 Å². The Bertz CT molecular complexity index is 828. The molecule has 0 bridgehead atoms. The molecule has 1 heterocycles. The van der Waals surface area contributed by atoms with Crippen LogP contribution in [-0.4, -0.2) is 42.9 Å². The number of cyclic esters (lactones) is 1. The topological polar surface area (TPSA) is 75.7 Å². The molecule has 6 nitrogen and oxygen atoms in total. The molecule has 25 heavy (non-hydrogen) atoms. The Labute approximate surface area is 145 Å². The molecule has 0 spiro atoms. The summed E-state index contributed by atoms with van der Waals surface area (Å²) in [5.74, 6) is -1.00. The fraction of sp³-hybridized carbons (Fsp3) is 0.211. The van der Waals surface area contributed by atoms with E-state index in [4.69, 9.17) is 4.74 Å². The Hall–Kier alpha value is -3.15. The molecule has 128 valence electrons. The van der Waals surface area contributed by atoms with E-state index in [0.717, 1.165) is 5.56 Å². The summed E-state index contributed by atoms with van der Waals surface area (Å²) in [4.78, 5) is 37.7. The maximum atomic E-state index is 12.4. The molecule has 0 saturated carbocycles. The highest BCUT2D eigenvalue weighted by atomic mass is 16.5. The van der Waals surface area contributed by atoms with Gasteiger partial charge in [-0.25, -0.2) is 4.79 Å². The monoisotopic (exact) mass is 338 g/mol. The van der Waals surface area contributed by atoms with Crippen LogP contribution in [0.2, 0.25) is 0 Å². The van der Waals surface area contributed by atoms with Gasteiger partial charge >= 0.3 is 5.97 Å². The third kappa shape index (κ3) is 3.52. The molecule has 1 N–H and O–H groups in total. The quantitative estimate of drug-likeness (QED) is 0.870. The molecule has 1 aliphatic heterocycles. The minimum absolute atomic E-state index is 0.115. The van der Waals surface area contributed by atoms with Crippen molar-refractivity contribution in [2.45, 2.75) is 12.5 Å². The summed E-state index contributed by atoms with van der Waals surface area (Å²) in [6.07, 6.45) is -0.532. The fourth-order valence-corrected chi connectivity index (χ4v) is 2.65. The van der Waals surface area contributed by atoms with Gasteiger partial charge < -0.3 is 15.0 Å². The first-order chi connectivity index (χ1) is 12.0. The van der Waals surface area contributed by atoms with Crippen LogP contribution in [0.5, 0.6) is 0 Å². The van der Waals surface area contributed by atoms with Gasteiger partial charge in [0.05, 0.1) is 5.56 Å². The van der Waals surface area contributed by atoms with Crippen molar-refractivity contribution in [3.63, 3.8) is 0 Å². The lowest BCUT2D eigenvalue weighted by Crippen LogP contribution is -2.37. The summed E-state index contributed by atoms with van der Waals surface area (Å²) in [5.41, 5.74) is 2.36. The third-order valence-corrected chi connectivity index (χ3v) is 3.99. The molecule has 0 radical (unpaired) electrons. The molecule has 2 aromatic rings. The van der Waals surface area contributed by atoms with Crippen LogP contribution >= 0.6 is 0 Å². The van der Waals surface area contributed by atoms with E-state index in [1.54, 1.807) is 50.5 Å². The minimum atomic E-state index is -0.870. The van der Waals surface area contributed by atoms with Crippen LogP contribution in [0.15, 0.2) is 48.5 Å². The zero-order valence-electron chi connectivity index (χ0n) is 14.0.